The molecule has 0 saturated heterocycles. The van der Waals surface area contributed by atoms with Gasteiger partial charge in [0.15, 0.2) is 0 Å². The minimum absolute atomic E-state index is 0.312. The number of rotatable bonds is 3. The Morgan fingerprint density at radius 1 is 1.40 bits per heavy atom. The predicted octanol–water partition coefficient (Wildman–Crippen LogP) is 4.43. The van der Waals surface area contributed by atoms with Gasteiger partial charge in [-0.1, -0.05) is 25.0 Å². The van der Waals surface area contributed by atoms with Crippen LogP contribution in [-0.4, -0.2) is 5.78 Å². The molecule has 3 nitrogen and oxygen atoms in total. The second-order valence-corrected chi connectivity index (χ2v) is 6.12. The first-order valence-electron chi connectivity index (χ1n) is 7.35. The van der Waals surface area contributed by atoms with Gasteiger partial charge in [-0.05, 0) is 57.1 Å². The average Bonchev–Trinajstić information content (AvgIpc) is 2.40. The third-order valence-electron chi connectivity index (χ3n) is 3.90. The van der Waals surface area contributed by atoms with E-state index in [1.54, 1.807) is 31.0 Å². The molecule has 0 aromatic heterocycles. The first-order chi connectivity index (χ1) is 9.43. The number of Topliss-reactive ketones (excluding diaryl/α,β-unsaturated/α-hetero) is 1. The maximum absolute atomic E-state index is 11.0. The summed E-state index contributed by atoms with van der Waals surface area (Å²) in [7, 11) is 0. The number of hydrogen-bond donors (Lipinski definition) is 1. The summed E-state index contributed by atoms with van der Waals surface area (Å²) >= 11 is 0. The molecule has 1 heterocycles. The van der Waals surface area contributed by atoms with Crippen molar-refractivity contribution in [2.45, 2.75) is 59.8 Å². The summed E-state index contributed by atoms with van der Waals surface area (Å²) in [4.78, 5) is 15.5. The van der Waals surface area contributed by atoms with Crippen LogP contribution in [-0.2, 0) is 9.63 Å². The van der Waals surface area contributed by atoms with Gasteiger partial charge in [0.1, 0.15) is 12.0 Å². The molecule has 0 aromatic carbocycles. The van der Waals surface area contributed by atoms with Crippen LogP contribution in [0.4, 0.5) is 0 Å². The van der Waals surface area contributed by atoms with Gasteiger partial charge in [-0.15, -0.1) is 0 Å². The lowest BCUT2D eigenvalue weighted by Gasteiger charge is -2.34. The summed E-state index contributed by atoms with van der Waals surface area (Å²) in [5.41, 5.74) is 5.92. The Morgan fingerprint density at radius 2 is 2.15 bits per heavy atom. The Bertz CT molecular complexity index is 405. The molecule has 112 valence electrons. The second-order valence-electron chi connectivity index (χ2n) is 6.12. The van der Waals surface area contributed by atoms with Crippen molar-refractivity contribution in [3.63, 3.8) is 0 Å². The maximum Gasteiger partial charge on any atom is 0.130 e. The van der Waals surface area contributed by atoms with Gasteiger partial charge in [0.2, 0.25) is 0 Å². The fourth-order valence-corrected chi connectivity index (χ4v) is 2.79. The molecule has 3 heteroatoms. The monoisotopic (exact) mass is 277 g/mol. The van der Waals surface area contributed by atoms with E-state index in [0.717, 1.165) is 12.8 Å². The first-order valence-corrected chi connectivity index (χ1v) is 7.35. The van der Waals surface area contributed by atoms with Gasteiger partial charge in [0, 0.05) is 12.6 Å². The molecule has 0 unspecified atom stereocenters. The minimum atomic E-state index is 0.312. The number of carbonyl (C=O) groups excluding carboxylic acids is 1. The Labute approximate surface area is 122 Å². The van der Waals surface area contributed by atoms with Crippen molar-refractivity contribution in [2.75, 3.05) is 0 Å². The van der Waals surface area contributed by atoms with Crippen molar-refractivity contribution < 1.29 is 9.63 Å². The Hall–Kier alpha value is -1.51. The first kappa shape index (κ1) is 16.5. The molecule has 20 heavy (non-hydrogen) atoms. The van der Waals surface area contributed by atoms with Crippen molar-refractivity contribution in [3.8, 4) is 0 Å². The zero-order valence-electron chi connectivity index (χ0n) is 13.2. The minimum Gasteiger partial charge on any atom is -0.391 e. The van der Waals surface area contributed by atoms with Crippen LogP contribution >= 0.6 is 0 Å². The van der Waals surface area contributed by atoms with Crippen molar-refractivity contribution >= 4 is 5.78 Å². The van der Waals surface area contributed by atoms with Crippen molar-refractivity contribution in [3.05, 3.63) is 35.8 Å². The van der Waals surface area contributed by atoms with Gasteiger partial charge in [0.05, 0.1) is 0 Å². The van der Waals surface area contributed by atoms with Gasteiger partial charge in [0.25, 0.3) is 0 Å². The molecule has 0 aromatic rings. The molecule has 1 N–H and O–H groups in total. The lowest BCUT2D eigenvalue weighted by Crippen LogP contribution is -2.20. The van der Waals surface area contributed by atoms with Gasteiger partial charge < -0.3 is 9.63 Å². The van der Waals surface area contributed by atoms with E-state index in [0.29, 0.717) is 11.2 Å². The third-order valence-corrected chi connectivity index (χ3v) is 3.90. The lowest BCUT2D eigenvalue weighted by molar-refractivity contribution is -0.117. The van der Waals surface area contributed by atoms with Gasteiger partial charge in [-0.25, -0.2) is 5.48 Å². The molecule has 0 fully saturated rings. The molecule has 1 aliphatic carbocycles. The van der Waals surface area contributed by atoms with Gasteiger partial charge in [-0.2, -0.15) is 0 Å². The lowest BCUT2D eigenvalue weighted by atomic mass is 9.71. The van der Waals surface area contributed by atoms with E-state index >= 15 is 0 Å². The summed E-state index contributed by atoms with van der Waals surface area (Å²) in [5.74, 6) is 0.312. The molecule has 1 aliphatic heterocycles. The number of allylic oxidation sites excluding steroid dienone is 4. The zero-order valence-corrected chi connectivity index (χ0v) is 13.2. The van der Waals surface area contributed by atoms with Crippen molar-refractivity contribution in [2.24, 2.45) is 5.41 Å². The van der Waals surface area contributed by atoms with Crippen LogP contribution in [0, 0.1) is 5.41 Å². The highest BCUT2D eigenvalue weighted by Crippen LogP contribution is 2.42. The average molecular weight is 277 g/mol. The summed E-state index contributed by atoms with van der Waals surface area (Å²) in [6, 6.07) is 0. The Kier molecular flexibility index (Phi) is 6.56. The molecule has 0 radical (unpaired) electrons. The van der Waals surface area contributed by atoms with Gasteiger partial charge >= 0.3 is 0 Å². The fourth-order valence-electron chi connectivity index (χ4n) is 2.79. The van der Waals surface area contributed by atoms with Crippen LogP contribution in [0.3, 0.4) is 0 Å². The SMILES string of the molecule is C1=CNOC=C1.CC(=O)CCC1=C(C)CCCC1(C)C. The van der Waals surface area contributed by atoms with E-state index in [4.69, 9.17) is 0 Å². The number of ketones is 1. The van der Waals surface area contributed by atoms with Crippen molar-refractivity contribution in [1.82, 2.24) is 5.48 Å². The maximum atomic E-state index is 11.0. The molecular weight excluding hydrogens is 250 g/mol. The number of carbonyl (C=O) groups is 1. The Balaban J connectivity index is 0.000000276. The summed E-state index contributed by atoms with van der Waals surface area (Å²) in [5, 5.41) is 0. The summed E-state index contributed by atoms with van der Waals surface area (Å²) < 4.78 is 0. The molecule has 0 spiro atoms. The van der Waals surface area contributed by atoms with Crippen LogP contribution < -0.4 is 5.48 Å². The molecule has 0 saturated carbocycles. The molecule has 0 bridgehead atoms. The van der Waals surface area contributed by atoms with Crippen LogP contribution in [0.15, 0.2) is 35.8 Å². The van der Waals surface area contributed by atoms with E-state index in [1.165, 1.54) is 24.8 Å². The van der Waals surface area contributed by atoms with Crippen molar-refractivity contribution in [1.29, 1.82) is 0 Å². The molecule has 0 atom stereocenters. The van der Waals surface area contributed by atoms with E-state index in [1.807, 2.05) is 6.08 Å². The largest absolute Gasteiger partial charge is 0.391 e. The van der Waals surface area contributed by atoms with Crippen LogP contribution in [0.2, 0.25) is 0 Å². The quantitative estimate of drug-likeness (QED) is 0.775. The standard InChI is InChI=1S/C13H22O.C4H5NO/c1-10-6-5-9-13(3,4)12(10)8-7-11(2)14;1-2-4-6-5-3-1/h5-9H2,1-4H3;1-5H. The number of hydrogen-bond acceptors (Lipinski definition) is 3. The number of hydroxylamine groups is 1. The Morgan fingerprint density at radius 3 is 2.55 bits per heavy atom. The van der Waals surface area contributed by atoms with Crippen LogP contribution in [0.25, 0.3) is 0 Å². The second kappa shape index (κ2) is 7.93. The summed E-state index contributed by atoms with van der Waals surface area (Å²) in [6.45, 7) is 8.54. The number of nitrogens with one attached hydrogen (secondary N) is 1. The molecule has 2 rings (SSSR count). The molecular formula is C17H27NO2. The smallest absolute Gasteiger partial charge is 0.130 e. The van der Waals surface area contributed by atoms with Crippen LogP contribution in [0.1, 0.15) is 59.8 Å². The predicted molar refractivity (Wildman–Crippen MR) is 82.7 cm³/mol. The highest BCUT2D eigenvalue weighted by atomic mass is 16.6. The zero-order chi connectivity index (χ0) is 15.0. The molecule has 2 aliphatic rings. The normalized spacial score (nSPS) is 19.6. The molecule has 0 amide bonds. The fraction of sp³-hybridized carbons (Fsp3) is 0.588. The van der Waals surface area contributed by atoms with Crippen LogP contribution in [0.5, 0.6) is 0 Å². The van der Waals surface area contributed by atoms with E-state index in [2.05, 4.69) is 31.1 Å². The summed E-state index contributed by atoms with van der Waals surface area (Å²) in [6.07, 6.45) is 12.4. The topological polar surface area (TPSA) is 38.3 Å². The third kappa shape index (κ3) is 5.64. The van der Waals surface area contributed by atoms with E-state index < -0.39 is 0 Å². The van der Waals surface area contributed by atoms with E-state index in [9.17, 15) is 4.79 Å². The van der Waals surface area contributed by atoms with Gasteiger partial charge in [-0.3, -0.25) is 0 Å². The van der Waals surface area contributed by atoms with E-state index in [-0.39, 0.29) is 0 Å². The highest BCUT2D eigenvalue weighted by molar-refractivity contribution is 5.75. The highest BCUT2D eigenvalue weighted by Gasteiger charge is 2.27.